The van der Waals surface area contributed by atoms with Gasteiger partial charge in [-0.15, -0.1) is 0 Å². The van der Waals surface area contributed by atoms with Gasteiger partial charge in [-0.05, 0) is 25.2 Å². The molecule has 0 amide bonds. The number of hydrogen-bond acceptors (Lipinski definition) is 23. The monoisotopic (exact) mass is 1480 g/mol. The third kappa shape index (κ3) is 40.4. The van der Waals surface area contributed by atoms with Gasteiger partial charge in [0.2, 0.25) is 0 Å². The van der Waals surface area contributed by atoms with E-state index in [0.717, 1.165) is 89.9 Å². The number of phosphoric ester groups is 1. The molecule has 2 aliphatic heterocycles. The molecule has 3 fully saturated rings. The van der Waals surface area contributed by atoms with Gasteiger partial charge in [-0.25, -0.2) is 4.57 Å². The van der Waals surface area contributed by atoms with Gasteiger partial charge < -0.3 is 89.1 Å². The highest BCUT2D eigenvalue weighted by Crippen LogP contribution is 2.49. The van der Waals surface area contributed by atoms with Gasteiger partial charge in [-0.1, -0.05) is 297 Å². The molecule has 19 atom stereocenters. The van der Waals surface area contributed by atoms with E-state index in [-0.39, 0.29) is 19.3 Å². The van der Waals surface area contributed by atoms with Crippen molar-refractivity contribution in [3.05, 3.63) is 0 Å². The molecule has 102 heavy (non-hydrogen) atoms. The van der Waals surface area contributed by atoms with E-state index in [1.165, 1.54) is 180 Å². The Morgan fingerprint density at radius 3 is 1.06 bits per heavy atom. The van der Waals surface area contributed by atoms with Crippen molar-refractivity contribution in [2.24, 2.45) is 5.92 Å². The van der Waals surface area contributed by atoms with E-state index in [1.54, 1.807) is 0 Å². The van der Waals surface area contributed by atoms with Crippen molar-refractivity contribution in [2.45, 2.75) is 440 Å². The van der Waals surface area contributed by atoms with Crippen molar-refractivity contribution < 1.29 is 117 Å². The molecule has 2 saturated heterocycles. The van der Waals surface area contributed by atoms with Crippen molar-refractivity contribution >= 4 is 25.7 Å². The van der Waals surface area contributed by atoms with Crippen LogP contribution in [0.25, 0.3) is 0 Å². The number of phosphoric acid groups is 1. The van der Waals surface area contributed by atoms with Crippen molar-refractivity contribution in [1.29, 1.82) is 0 Å². The number of carbonyl (C=O) groups excluding carboxylic acids is 3. The molecule has 0 aromatic heterocycles. The summed E-state index contributed by atoms with van der Waals surface area (Å²) in [6.45, 7) is 5.82. The number of aliphatic hydroxyl groups is 10. The highest BCUT2D eigenvalue weighted by molar-refractivity contribution is 7.47. The summed E-state index contributed by atoms with van der Waals surface area (Å²) in [6, 6.07) is 0. The Morgan fingerprint density at radius 1 is 0.373 bits per heavy atom. The Balaban J connectivity index is 1.71. The lowest BCUT2D eigenvalue weighted by Gasteiger charge is -2.49. The molecule has 24 nitrogen and oxygen atoms in total. The third-order valence-corrected chi connectivity index (χ3v) is 21.5. The topological polar surface area (TPSA) is 374 Å². The van der Waals surface area contributed by atoms with Crippen LogP contribution in [0.15, 0.2) is 0 Å². The highest BCUT2D eigenvalue weighted by atomic mass is 31.2. The Morgan fingerprint density at radius 2 is 0.686 bits per heavy atom. The normalized spacial score (nSPS) is 27.3. The van der Waals surface area contributed by atoms with Crippen LogP contribution in [-0.4, -0.2) is 204 Å². The fourth-order valence-electron chi connectivity index (χ4n) is 13.8. The summed E-state index contributed by atoms with van der Waals surface area (Å²) in [5.74, 6) is -1.27. The quantitative estimate of drug-likeness (QED) is 0.0117. The summed E-state index contributed by atoms with van der Waals surface area (Å²) in [6.07, 6.45) is 15.7. The number of hydrogen-bond donors (Lipinski definition) is 11. The molecule has 0 radical (unpaired) electrons. The zero-order valence-corrected chi connectivity index (χ0v) is 64.2. The van der Waals surface area contributed by atoms with Crippen LogP contribution in [0.3, 0.4) is 0 Å². The Hall–Kier alpha value is -2.04. The predicted molar refractivity (Wildman–Crippen MR) is 388 cm³/mol. The van der Waals surface area contributed by atoms with E-state index < -0.39 is 156 Å². The largest absolute Gasteiger partial charge is 0.472 e. The minimum Gasteiger partial charge on any atom is -0.463 e. The van der Waals surface area contributed by atoms with E-state index >= 15 is 0 Å². The van der Waals surface area contributed by atoms with Gasteiger partial charge in [0.25, 0.3) is 0 Å². The van der Waals surface area contributed by atoms with Gasteiger partial charge in [0.1, 0.15) is 98.7 Å². The number of aliphatic hydroxyl groups excluding tert-OH is 10. The summed E-state index contributed by atoms with van der Waals surface area (Å²) < 4.78 is 65.3. The molecular weight excluding hydrogens is 1340 g/mol. The average Bonchev–Trinajstić information content (AvgIpc) is 0.761. The zero-order chi connectivity index (χ0) is 74.8. The second-order valence-electron chi connectivity index (χ2n) is 29.8. The Bertz CT molecular complexity index is 2120. The first-order valence-electron chi connectivity index (χ1n) is 40.7. The SMILES string of the molecule is CCCCCCCCCCCCCCCCCCCC(=O)OC(COC(=O)CCCCCCCCCCCCCCCC)COP(=O)(O)OC1C(OC2OC(CO)C(O)C(O)C2O)C(O)C(O)C(O)C1OC1OC(COC(=O)CCCCCCCCC(C)CCCCCCCC)C(O)C(O)C1O. The maximum Gasteiger partial charge on any atom is 0.472 e. The summed E-state index contributed by atoms with van der Waals surface area (Å²) in [5.41, 5.74) is 0. The number of esters is 3. The van der Waals surface area contributed by atoms with E-state index in [1.807, 2.05) is 0 Å². The maximum atomic E-state index is 14.4. The van der Waals surface area contributed by atoms with Crippen LogP contribution in [0.1, 0.15) is 336 Å². The molecule has 3 aliphatic rings. The molecule has 0 bridgehead atoms. The zero-order valence-electron chi connectivity index (χ0n) is 63.3. The Labute approximate surface area is 612 Å². The molecule has 1 aliphatic carbocycles. The number of rotatable bonds is 64. The first kappa shape index (κ1) is 94.2. The van der Waals surface area contributed by atoms with Crippen LogP contribution >= 0.6 is 7.82 Å². The maximum absolute atomic E-state index is 14.4. The predicted octanol–water partition coefficient (Wildman–Crippen LogP) is 12.4. The van der Waals surface area contributed by atoms with Crippen LogP contribution in [-0.2, 0) is 61.2 Å². The molecule has 2 heterocycles. The lowest BCUT2D eigenvalue weighted by molar-refractivity contribution is -0.360. The van der Waals surface area contributed by atoms with Crippen molar-refractivity contribution in [2.75, 3.05) is 26.4 Å². The van der Waals surface area contributed by atoms with Crippen LogP contribution in [0.5, 0.6) is 0 Å². The molecule has 0 aromatic rings. The Kier molecular flexibility index (Phi) is 53.5. The second kappa shape index (κ2) is 58.0. The third-order valence-electron chi connectivity index (χ3n) is 20.5. The lowest BCUT2D eigenvalue weighted by atomic mass is 9.84. The second-order valence-corrected chi connectivity index (χ2v) is 31.2. The summed E-state index contributed by atoms with van der Waals surface area (Å²) in [5, 5.41) is 110. The van der Waals surface area contributed by atoms with Crippen LogP contribution in [0.4, 0.5) is 0 Å². The minimum atomic E-state index is -5.70. The van der Waals surface area contributed by atoms with Gasteiger partial charge >= 0.3 is 25.7 Å². The fraction of sp³-hybridized carbons (Fsp3) is 0.961. The van der Waals surface area contributed by atoms with Gasteiger partial charge in [-0.3, -0.25) is 23.4 Å². The van der Waals surface area contributed by atoms with Gasteiger partial charge in [-0.2, -0.15) is 0 Å². The van der Waals surface area contributed by atoms with E-state index in [2.05, 4.69) is 27.7 Å². The molecule has 11 N–H and O–H groups in total. The number of ether oxygens (including phenoxy) is 7. The molecule has 25 heteroatoms. The van der Waals surface area contributed by atoms with E-state index in [0.29, 0.717) is 25.2 Å². The summed E-state index contributed by atoms with van der Waals surface area (Å²) in [7, 11) is -5.70. The smallest absolute Gasteiger partial charge is 0.463 e. The molecule has 0 aromatic carbocycles. The van der Waals surface area contributed by atoms with Gasteiger partial charge in [0, 0.05) is 19.3 Å². The van der Waals surface area contributed by atoms with Crippen LogP contribution in [0, 0.1) is 5.92 Å². The molecule has 3 rings (SSSR count). The van der Waals surface area contributed by atoms with Crippen LogP contribution < -0.4 is 0 Å². The first-order valence-corrected chi connectivity index (χ1v) is 42.2. The molecule has 1 saturated carbocycles. The molecule has 0 spiro atoms. The van der Waals surface area contributed by atoms with Gasteiger partial charge in [0.05, 0.1) is 13.2 Å². The van der Waals surface area contributed by atoms with Crippen molar-refractivity contribution in [1.82, 2.24) is 0 Å². The summed E-state index contributed by atoms with van der Waals surface area (Å²) >= 11 is 0. The number of unbranched alkanes of at least 4 members (excludes halogenated alkanes) is 39. The standard InChI is InChI=1S/C77H145O24P/c1-5-8-11-14-17-19-21-23-25-26-27-29-31-33-35-42-47-52-63(81)96-58(54-93-61(79)50-45-40-34-32-30-28-24-22-20-18-15-12-9-6-2)55-95-102(91,92)101-75-73(99-76-71(89)66(84)64(82)59(53-78)97-76)69(87)68(86)70(88)74(75)100-77-72(90)67(85)65(83)60(98-77)56-94-62(80)51-46-41-37-36-39-44-49-57(4)48-43-38-16-13-10-7-3/h57-60,64-78,82-90H,5-56H2,1-4H3,(H,91,92). The fourth-order valence-corrected chi connectivity index (χ4v) is 14.8. The lowest BCUT2D eigenvalue weighted by Crippen LogP contribution is -2.69. The van der Waals surface area contributed by atoms with E-state index in [4.69, 9.17) is 42.2 Å². The molecule has 19 unspecified atom stereocenters. The highest BCUT2D eigenvalue weighted by Gasteiger charge is 2.58. The average molecular weight is 1490 g/mol. The summed E-state index contributed by atoms with van der Waals surface area (Å²) in [4.78, 5) is 51.2. The minimum absolute atomic E-state index is 0.0311. The first-order chi connectivity index (χ1) is 49.2. The molecular formula is C77H145O24P. The van der Waals surface area contributed by atoms with E-state index in [9.17, 15) is 74.9 Å². The number of carbonyl (C=O) groups is 3. The molecule has 602 valence electrons. The van der Waals surface area contributed by atoms with Crippen molar-refractivity contribution in [3.63, 3.8) is 0 Å². The van der Waals surface area contributed by atoms with Crippen LogP contribution in [0.2, 0.25) is 0 Å². The van der Waals surface area contributed by atoms with Crippen molar-refractivity contribution in [3.8, 4) is 0 Å². The van der Waals surface area contributed by atoms with Gasteiger partial charge in [0.15, 0.2) is 18.7 Å².